The number of carbonyl (C=O) groups is 2. The van der Waals surface area contributed by atoms with Crippen LogP contribution >= 0.6 is 0 Å². The zero-order valence-corrected chi connectivity index (χ0v) is 11.2. The van der Waals surface area contributed by atoms with E-state index in [9.17, 15) is 9.59 Å². The molecule has 17 heavy (non-hydrogen) atoms. The number of hydrogen-bond acceptors (Lipinski definition) is 3. The summed E-state index contributed by atoms with van der Waals surface area (Å²) >= 11 is 0. The molecule has 5 nitrogen and oxygen atoms in total. The molecule has 0 bridgehead atoms. The molecule has 0 unspecified atom stereocenters. The summed E-state index contributed by atoms with van der Waals surface area (Å²) in [6.45, 7) is 4.52. The molecular weight excluding hydrogens is 218 g/mol. The van der Waals surface area contributed by atoms with E-state index in [2.05, 4.69) is 12.2 Å². The second-order valence-electron chi connectivity index (χ2n) is 4.39. The second-order valence-corrected chi connectivity index (χ2v) is 4.39. The number of nitrogens with zero attached hydrogens (tertiary/aromatic N) is 1. The maximum Gasteiger partial charge on any atom is 0.239 e. The van der Waals surface area contributed by atoms with Crippen molar-refractivity contribution >= 4 is 11.8 Å². The minimum Gasteiger partial charge on any atom is -0.355 e. The first kappa shape index (κ1) is 15.9. The summed E-state index contributed by atoms with van der Waals surface area (Å²) in [7, 11) is 1.59. The van der Waals surface area contributed by atoms with E-state index >= 15 is 0 Å². The van der Waals surface area contributed by atoms with Gasteiger partial charge in [-0.3, -0.25) is 9.59 Å². The molecule has 100 valence electrons. The Bertz CT molecular complexity index is 242. The molecule has 0 saturated carbocycles. The quantitative estimate of drug-likeness (QED) is 0.609. The molecular formula is C12H25N3O2. The second kappa shape index (κ2) is 8.98. The monoisotopic (exact) mass is 243 g/mol. The minimum atomic E-state index is -0.558. The van der Waals surface area contributed by atoms with E-state index < -0.39 is 6.04 Å². The molecule has 1 atom stereocenters. The van der Waals surface area contributed by atoms with Crippen molar-refractivity contribution in [2.45, 2.75) is 45.6 Å². The zero-order chi connectivity index (χ0) is 13.3. The van der Waals surface area contributed by atoms with Crippen LogP contribution in [0.3, 0.4) is 0 Å². The van der Waals surface area contributed by atoms with Gasteiger partial charge in [0.05, 0.1) is 12.6 Å². The number of likely N-dealkylation sites (N-methyl/N-ethyl adjacent to an activating group) is 1. The Morgan fingerprint density at radius 1 is 1.29 bits per heavy atom. The van der Waals surface area contributed by atoms with Crippen molar-refractivity contribution in [3.8, 4) is 0 Å². The highest BCUT2D eigenvalue weighted by Gasteiger charge is 2.15. The number of carbonyl (C=O) groups excluding carboxylic acids is 2. The van der Waals surface area contributed by atoms with Crippen molar-refractivity contribution in [2.24, 2.45) is 5.73 Å². The molecule has 0 radical (unpaired) electrons. The lowest BCUT2D eigenvalue weighted by Gasteiger charge is -2.18. The molecule has 0 aromatic heterocycles. The average molecular weight is 243 g/mol. The van der Waals surface area contributed by atoms with Crippen molar-refractivity contribution in [3.05, 3.63) is 0 Å². The van der Waals surface area contributed by atoms with Crippen LogP contribution < -0.4 is 11.1 Å². The first-order chi connectivity index (χ1) is 7.99. The largest absolute Gasteiger partial charge is 0.355 e. The van der Waals surface area contributed by atoms with E-state index in [1.54, 1.807) is 14.0 Å². The Morgan fingerprint density at radius 2 is 1.94 bits per heavy atom. The van der Waals surface area contributed by atoms with E-state index in [1.807, 2.05) is 0 Å². The fourth-order valence-corrected chi connectivity index (χ4v) is 1.48. The van der Waals surface area contributed by atoms with Gasteiger partial charge in [0.1, 0.15) is 0 Å². The number of amides is 2. The first-order valence-electron chi connectivity index (χ1n) is 6.26. The van der Waals surface area contributed by atoms with Gasteiger partial charge in [-0.25, -0.2) is 0 Å². The topological polar surface area (TPSA) is 75.4 Å². The van der Waals surface area contributed by atoms with Crippen LogP contribution in [0, 0.1) is 0 Å². The van der Waals surface area contributed by atoms with Gasteiger partial charge in [0.15, 0.2) is 0 Å². The van der Waals surface area contributed by atoms with Crippen molar-refractivity contribution in [3.63, 3.8) is 0 Å². The average Bonchev–Trinajstić information content (AvgIpc) is 2.27. The highest BCUT2D eigenvalue weighted by atomic mass is 16.2. The van der Waals surface area contributed by atoms with Crippen LogP contribution in [0.15, 0.2) is 0 Å². The van der Waals surface area contributed by atoms with Crippen LogP contribution in [-0.4, -0.2) is 42.9 Å². The highest BCUT2D eigenvalue weighted by Crippen LogP contribution is 1.97. The third-order valence-electron chi connectivity index (χ3n) is 2.50. The lowest BCUT2D eigenvalue weighted by molar-refractivity contribution is -0.135. The smallest absolute Gasteiger partial charge is 0.239 e. The Balaban J connectivity index is 3.68. The van der Waals surface area contributed by atoms with Crippen LogP contribution in [0.1, 0.15) is 39.5 Å². The SMILES string of the molecule is CCCCCCNC(=O)CN(C)C(=O)[C@H](C)N. The van der Waals surface area contributed by atoms with Gasteiger partial charge in [0, 0.05) is 13.6 Å². The Hall–Kier alpha value is -1.10. The maximum absolute atomic E-state index is 11.5. The summed E-state index contributed by atoms with van der Waals surface area (Å²) < 4.78 is 0. The maximum atomic E-state index is 11.5. The Morgan fingerprint density at radius 3 is 2.47 bits per heavy atom. The number of nitrogens with two attached hydrogens (primary N) is 1. The van der Waals surface area contributed by atoms with Crippen LogP contribution in [-0.2, 0) is 9.59 Å². The predicted molar refractivity (Wildman–Crippen MR) is 68.4 cm³/mol. The van der Waals surface area contributed by atoms with Gasteiger partial charge in [-0.05, 0) is 13.3 Å². The van der Waals surface area contributed by atoms with Crippen molar-refractivity contribution in [1.29, 1.82) is 0 Å². The fraction of sp³-hybridized carbons (Fsp3) is 0.833. The normalized spacial score (nSPS) is 12.0. The molecule has 0 aliphatic heterocycles. The zero-order valence-electron chi connectivity index (χ0n) is 11.2. The van der Waals surface area contributed by atoms with Crippen LogP contribution in [0.2, 0.25) is 0 Å². The van der Waals surface area contributed by atoms with E-state index in [0.29, 0.717) is 6.54 Å². The summed E-state index contributed by atoms with van der Waals surface area (Å²) in [4.78, 5) is 24.2. The first-order valence-corrected chi connectivity index (χ1v) is 6.26. The number of unbranched alkanes of at least 4 members (excludes halogenated alkanes) is 3. The Labute approximate surface area is 104 Å². The fourth-order valence-electron chi connectivity index (χ4n) is 1.48. The van der Waals surface area contributed by atoms with Crippen molar-refractivity contribution < 1.29 is 9.59 Å². The molecule has 0 aliphatic rings. The van der Waals surface area contributed by atoms with E-state index in [-0.39, 0.29) is 18.4 Å². The minimum absolute atomic E-state index is 0.0775. The lowest BCUT2D eigenvalue weighted by atomic mass is 10.2. The summed E-state index contributed by atoms with van der Waals surface area (Å²) in [5.41, 5.74) is 5.44. The molecule has 3 N–H and O–H groups in total. The number of hydrogen-bond donors (Lipinski definition) is 2. The number of rotatable bonds is 8. The summed E-state index contributed by atoms with van der Waals surface area (Å²) in [5, 5.41) is 2.79. The molecule has 0 rings (SSSR count). The predicted octanol–water partition coefficient (Wildman–Crippen LogP) is 0.489. The van der Waals surface area contributed by atoms with E-state index in [1.165, 1.54) is 17.7 Å². The van der Waals surface area contributed by atoms with Gasteiger partial charge >= 0.3 is 0 Å². The van der Waals surface area contributed by atoms with E-state index in [4.69, 9.17) is 5.73 Å². The van der Waals surface area contributed by atoms with Gasteiger partial charge < -0.3 is 16.0 Å². The lowest BCUT2D eigenvalue weighted by Crippen LogP contribution is -2.44. The molecule has 0 fully saturated rings. The molecule has 0 aromatic carbocycles. The van der Waals surface area contributed by atoms with Crippen LogP contribution in [0.5, 0.6) is 0 Å². The van der Waals surface area contributed by atoms with Crippen molar-refractivity contribution in [1.82, 2.24) is 10.2 Å². The molecule has 0 aromatic rings. The highest BCUT2D eigenvalue weighted by molar-refractivity contribution is 5.86. The Kier molecular flexibility index (Phi) is 8.40. The molecule has 5 heteroatoms. The van der Waals surface area contributed by atoms with Gasteiger partial charge in [-0.2, -0.15) is 0 Å². The van der Waals surface area contributed by atoms with E-state index in [0.717, 1.165) is 12.8 Å². The van der Waals surface area contributed by atoms with Crippen LogP contribution in [0.4, 0.5) is 0 Å². The summed E-state index contributed by atoms with van der Waals surface area (Å²) in [6, 6.07) is -0.558. The van der Waals surface area contributed by atoms with Gasteiger partial charge in [0.25, 0.3) is 0 Å². The van der Waals surface area contributed by atoms with Gasteiger partial charge in [-0.15, -0.1) is 0 Å². The molecule has 0 spiro atoms. The summed E-state index contributed by atoms with van der Waals surface area (Å²) in [5.74, 6) is -0.343. The third-order valence-corrected chi connectivity index (χ3v) is 2.50. The summed E-state index contributed by atoms with van der Waals surface area (Å²) in [6.07, 6.45) is 4.49. The molecule has 0 aliphatic carbocycles. The van der Waals surface area contributed by atoms with Gasteiger partial charge in [0.2, 0.25) is 11.8 Å². The van der Waals surface area contributed by atoms with Crippen LogP contribution in [0.25, 0.3) is 0 Å². The number of nitrogens with one attached hydrogen (secondary N) is 1. The van der Waals surface area contributed by atoms with Crippen molar-refractivity contribution in [2.75, 3.05) is 20.1 Å². The molecule has 0 heterocycles. The molecule has 2 amide bonds. The molecule has 0 saturated heterocycles. The standard InChI is InChI=1S/C12H25N3O2/c1-4-5-6-7-8-14-11(16)9-15(3)12(17)10(2)13/h10H,4-9,13H2,1-3H3,(H,14,16)/t10-/m0/s1. The third kappa shape index (κ3) is 7.74. The van der Waals surface area contributed by atoms with Gasteiger partial charge in [-0.1, -0.05) is 26.2 Å².